The van der Waals surface area contributed by atoms with E-state index in [4.69, 9.17) is 8.94 Å². The Morgan fingerprint density at radius 3 is 2.61 bits per heavy atom. The summed E-state index contributed by atoms with van der Waals surface area (Å²) in [5.74, 6) is -0.455. The van der Waals surface area contributed by atoms with Crippen LogP contribution in [-0.2, 0) is 16.0 Å². The Kier molecular flexibility index (Phi) is 6.48. The van der Waals surface area contributed by atoms with E-state index in [-0.39, 0.29) is 12.4 Å². The molecule has 0 saturated carbocycles. The van der Waals surface area contributed by atoms with Crippen molar-refractivity contribution >= 4 is 17.5 Å². The quantitative estimate of drug-likeness (QED) is 0.324. The molecule has 0 spiro atoms. The molecule has 0 radical (unpaired) electrons. The molecule has 0 fully saturated rings. The number of rotatable bonds is 7. The van der Waals surface area contributed by atoms with Gasteiger partial charge in [0.25, 0.3) is 0 Å². The number of amides is 2. The number of nitrogens with one attached hydrogen (secondary N) is 2. The summed E-state index contributed by atoms with van der Waals surface area (Å²) in [4.78, 5) is 28.5. The molecule has 0 atom stereocenters. The van der Waals surface area contributed by atoms with Crippen molar-refractivity contribution in [3.8, 4) is 22.8 Å². The van der Waals surface area contributed by atoms with Crippen molar-refractivity contribution in [3.63, 3.8) is 0 Å². The maximum absolute atomic E-state index is 13.0. The Balaban J connectivity index is 1.23. The van der Waals surface area contributed by atoms with Gasteiger partial charge < -0.3 is 19.6 Å². The van der Waals surface area contributed by atoms with Crippen molar-refractivity contribution < 1.29 is 22.9 Å². The number of halogens is 1. The maximum Gasteiger partial charge on any atom is 0.313 e. The van der Waals surface area contributed by atoms with E-state index in [2.05, 4.69) is 31.0 Å². The van der Waals surface area contributed by atoms with Gasteiger partial charge in [0.15, 0.2) is 0 Å². The topological polar surface area (TPSA) is 136 Å². The lowest BCUT2D eigenvalue weighted by molar-refractivity contribution is -0.136. The highest BCUT2D eigenvalue weighted by molar-refractivity contribution is 6.39. The smallest absolute Gasteiger partial charge is 0.313 e. The third-order valence-corrected chi connectivity index (χ3v) is 4.52. The lowest BCUT2D eigenvalue weighted by atomic mass is 10.2. The van der Waals surface area contributed by atoms with E-state index in [0.29, 0.717) is 53.2 Å². The fourth-order valence-corrected chi connectivity index (χ4v) is 2.93. The second-order valence-electron chi connectivity index (χ2n) is 7.04. The predicted molar refractivity (Wildman–Crippen MR) is 114 cm³/mol. The van der Waals surface area contributed by atoms with Crippen LogP contribution in [0.3, 0.4) is 0 Å². The van der Waals surface area contributed by atoms with Crippen LogP contribution >= 0.6 is 0 Å². The molecule has 168 valence electrons. The molecule has 0 unspecified atom stereocenters. The molecule has 10 nitrogen and oxygen atoms in total. The fourth-order valence-electron chi connectivity index (χ4n) is 2.93. The van der Waals surface area contributed by atoms with Gasteiger partial charge in [-0.2, -0.15) is 4.98 Å². The van der Waals surface area contributed by atoms with Crippen LogP contribution in [0.25, 0.3) is 22.8 Å². The zero-order valence-electron chi connectivity index (χ0n) is 17.5. The molecule has 2 aromatic carbocycles. The second kappa shape index (κ2) is 9.81. The SMILES string of the molecule is Cc1nnc(-c2cccc(NC(=O)C(=O)NCCCc3nc(-c4ccc(F)cc4)no3)c2)o1. The van der Waals surface area contributed by atoms with Gasteiger partial charge in [-0.3, -0.25) is 9.59 Å². The summed E-state index contributed by atoms with van der Waals surface area (Å²) in [7, 11) is 0. The van der Waals surface area contributed by atoms with Gasteiger partial charge in [0, 0.05) is 36.7 Å². The minimum atomic E-state index is -0.801. The van der Waals surface area contributed by atoms with E-state index in [1.54, 1.807) is 43.3 Å². The van der Waals surface area contributed by atoms with Crippen LogP contribution in [0.15, 0.2) is 57.5 Å². The highest BCUT2D eigenvalue weighted by Crippen LogP contribution is 2.21. The second-order valence-corrected chi connectivity index (χ2v) is 7.04. The Morgan fingerprint density at radius 2 is 1.85 bits per heavy atom. The Labute approximate surface area is 187 Å². The first-order chi connectivity index (χ1) is 16.0. The zero-order chi connectivity index (χ0) is 23.2. The first kappa shape index (κ1) is 21.8. The van der Waals surface area contributed by atoms with Gasteiger partial charge in [-0.1, -0.05) is 11.2 Å². The van der Waals surface area contributed by atoms with Crippen LogP contribution < -0.4 is 10.6 Å². The van der Waals surface area contributed by atoms with Crippen LogP contribution in [0.4, 0.5) is 10.1 Å². The molecule has 2 amide bonds. The first-order valence-electron chi connectivity index (χ1n) is 10.1. The van der Waals surface area contributed by atoms with Crippen molar-refractivity contribution in [1.29, 1.82) is 0 Å². The maximum atomic E-state index is 13.0. The van der Waals surface area contributed by atoms with Gasteiger partial charge >= 0.3 is 11.8 Å². The van der Waals surface area contributed by atoms with Crippen molar-refractivity contribution in [2.45, 2.75) is 19.8 Å². The number of carbonyl (C=O) groups excluding carboxylic acids is 2. The van der Waals surface area contributed by atoms with Crippen LogP contribution in [0.1, 0.15) is 18.2 Å². The molecule has 11 heteroatoms. The van der Waals surface area contributed by atoms with E-state index >= 15 is 0 Å². The number of hydrogen-bond acceptors (Lipinski definition) is 8. The minimum absolute atomic E-state index is 0.238. The minimum Gasteiger partial charge on any atom is -0.421 e. The van der Waals surface area contributed by atoms with Gasteiger partial charge in [-0.15, -0.1) is 10.2 Å². The fraction of sp³-hybridized carbons (Fsp3) is 0.182. The third kappa shape index (κ3) is 5.64. The highest BCUT2D eigenvalue weighted by atomic mass is 19.1. The molecule has 0 aliphatic rings. The lowest BCUT2D eigenvalue weighted by Gasteiger charge is -2.07. The molecule has 0 aliphatic heterocycles. The molecule has 2 aromatic heterocycles. The van der Waals surface area contributed by atoms with Crippen LogP contribution in [-0.4, -0.2) is 38.7 Å². The third-order valence-electron chi connectivity index (χ3n) is 4.52. The molecule has 0 aliphatic carbocycles. The van der Waals surface area contributed by atoms with Crippen LogP contribution in [0.5, 0.6) is 0 Å². The average molecular weight is 450 g/mol. The first-order valence-corrected chi connectivity index (χ1v) is 10.1. The number of nitrogens with zero attached hydrogens (tertiary/aromatic N) is 4. The van der Waals surface area contributed by atoms with E-state index in [9.17, 15) is 14.0 Å². The Morgan fingerprint density at radius 1 is 1.03 bits per heavy atom. The normalized spacial score (nSPS) is 10.7. The van der Waals surface area contributed by atoms with E-state index in [1.807, 2.05) is 0 Å². The Bertz CT molecular complexity index is 1270. The number of anilines is 1. The summed E-state index contributed by atoms with van der Waals surface area (Å²) in [6.45, 7) is 1.91. The standard InChI is InChI=1S/C22H19FN6O4/c1-13-27-28-22(32-13)15-4-2-5-17(12-15)25-21(31)20(30)24-11-3-6-18-26-19(29-33-18)14-7-9-16(23)10-8-14/h2,4-5,7-10,12H,3,6,11H2,1H3,(H,24,30)(H,25,31). The van der Waals surface area contributed by atoms with Crippen molar-refractivity contribution in [2.75, 3.05) is 11.9 Å². The molecule has 2 heterocycles. The summed E-state index contributed by atoms with van der Waals surface area (Å²) in [5.41, 5.74) is 1.67. The molecular formula is C22H19FN6O4. The van der Waals surface area contributed by atoms with Crippen molar-refractivity contribution in [2.24, 2.45) is 0 Å². The molecular weight excluding hydrogens is 431 g/mol. The van der Waals surface area contributed by atoms with Crippen molar-refractivity contribution in [3.05, 3.63) is 66.1 Å². The molecule has 4 rings (SSSR count). The van der Waals surface area contributed by atoms with E-state index in [1.165, 1.54) is 12.1 Å². The molecule has 4 aromatic rings. The predicted octanol–water partition coefficient (Wildman–Crippen LogP) is 2.92. The van der Waals surface area contributed by atoms with Gasteiger partial charge in [0.2, 0.25) is 23.5 Å². The number of hydrogen-bond donors (Lipinski definition) is 2. The van der Waals surface area contributed by atoms with Gasteiger partial charge in [0.05, 0.1) is 0 Å². The molecule has 2 N–H and O–H groups in total. The van der Waals surface area contributed by atoms with Gasteiger partial charge in [0.1, 0.15) is 5.82 Å². The van der Waals surface area contributed by atoms with E-state index < -0.39 is 11.8 Å². The zero-order valence-corrected chi connectivity index (χ0v) is 17.5. The summed E-state index contributed by atoms with van der Waals surface area (Å²) in [6, 6.07) is 12.5. The summed E-state index contributed by atoms with van der Waals surface area (Å²) in [5, 5.41) is 16.6. The largest absolute Gasteiger partial charge is 0.421 e. The Hall–Kier alpha value is -4.41. The number of aromatic nitrogens is 4. The number of carbonyl (C=O) groups is 2. The summed E-state index contributed by atoms with van der Waals surface area (Å²) >= 11 is 0. The number of benzene rings is 2. The average Bonchev–Trinajstić information content (AvgIpc) is 3.46. The molecule has 33 heavy (non-hydrogen) atoms. The van der Waals surface area contributed by atoms with Gasteiger partial charge in [-0.05, 0) is 48.9 Å². The highest BCUT2D eigenvalue weighted by Gasteiger charge is 2.15. The van der Waals surface area contributed by atoms with Gasteiger partial charge in [-0.25, -0.2) is 4.39 Å². The van der Waals surface area contributed by atoms with Crippen LogP contribution in [0, 0.1) is 12.7 Å². The monoisotopic (exact) mass is 450 g/mol. The number of aryl methyl sites for hydroxylation is 2. The van der Waals surface area contributed by atoms with E-state index in [0.717, 1.165) is 0 Å². The lowest BCUT2D eigenvalue weighted by Crippen LogP contribution is -2.36. The van der Waals surface area contributed by atoms with Crippen molar-refractivity contribution in [1.82, 2.24) is 25.7 Å². The van der Waals surface area contributed by atoms with Crippen LogP contribution in [0.2, 0.25) is 0 Å². The molecule has 0 saturated heterocycles. The molecule has 0 bridgehead atoms. The summed E-state index contributed by atoms with van der Waals surface area (Å²) in [6.07, 6.45) is 0.887. The summed E-state index contributed by atoms with van der Waals surface area (Å²) < 4.78 is 23.5.